The van der Waals surface area contributed by atoms with E-state index in [0.717, 1.165) is 43.5 Å². The van der Waals surface area contributed by atoms with Gasteiger partial charge in [-0.15, -0.1) is 10.2 Å². The molecule has 6 heteroatoms. The molecule has 6 nitrogen and oxygen atoms in total. The van der Waals surface area contributed by atoms with Crippen LogP contribution < -0.4 is 0 Å². The number of rotatable bonds is 3. The minimum absolute atomic E-state index is 0.672. The van der Waals surface area contributed by atoms with Crippen LogP contribution in [0.4, 0.5) is 0 Å². The van der Waals surface area contributed by atoms with E-state index in [1.165, 1.54) is 24.2 Å². The summed E-state index contributed by atoms with van der Waals surface area (Å²) in [4.78, 5) is 2.40. The number of nitrogens with zero attached hydrogens (tertiary/aromatic N) is 5. The van der Waals surface area contributed by atoms with Crippen LogP contribution in [0.1, 0.15) is 47.4 Å². The molecule has 0 spiro atoms. The van der Waals surface area contributed by atoms with Crippen molar-refractivity contribution >= 4 is 0 Å². The van der Waals surface area contributed by atoms with Gasteiger partial charge in [0.05, 0.1) is 12.2 Å². The third-order valence-electron chi connectivity index (χ3n) is 4.37. The molecule has 1 aliphatic heterocycles. The lowest BCUT2D eigenvalue weighted by molar-refractivity contribution is 0.206. The summed E-state index contributed by atoms with van der Waals surface area (Å²) in [6.45, 7) is 7.76. The molecule has 0 aromatic carbocycles. The second-order valence-corrected chi connectivity index (χ2v) is 5.91. The summed E-state index contributed by atoms with van der Waals surface area (Å²) in [5.41, 5.74) is 2.20. The molecule has 0 atom stereocenters. The molecule has 2 aliphatic rings. The molecule has 1 saturated carbocycles. The van der Waals surface area contributed by atoms with Gasteiger partial charge in [-0.1, -0.05) is 5.16 Å². The predicted octanol–water partition coefficient (Wildman–Crippen LogP) is 1.78. The maximum atomic E-state index is 5.24. The van der Waals surface area contributed by atoms with Crippen LogP contribution in [0.15, 0.2) is 4.52 Å². The maximum Gasteiger partial charge on any atom is 0.147 e. The van der Waals surface area contributed by atoms with Crippen LogP contribution in [0.25, 0.3) is 0 Å². The van der Waals surface area contributed by atoms with Gasteiger partial charge in [0, 0.05) is 31.1 Å². The van der Waals surface area contributed by atoms with Crippen molar-refractivity contribution in [3.05, 3.63) is 28.7 Å². The van der Waals surface area contributed by atoms with E-state index in [1.54, 1.807) is 0 Å². The second kappa shape index (κ2) is 4.41. The van der Waals surface area contributed by atoms with Crippen molar-refractivity contribution in [2.45, 2.75) is 52.2 Å². The zero-order valence-electron chi connectivity index (χ0n) is 12.0. The van der Waals surface area contributed by atoms with Gasteiger partial charge in [-0.3, -0.25) is 4.90 Å². The number of aromatic nitrogens is 4. The molecular weight excluding hydrogens is 254 g/mol. The summed E-state index contributed by atoms with van der Waals surface area (Å²) in [6.07, 6.45) is 2.56. The van der Waals surface area contributed by atoms with Gasteiger partial charge in [0.25, 0.3) is 0 Å². The Kier molecular flexibility index (Phi) is 2.66. The molecule has 0 N–H and O–H groups in total. The Balaban J connectivity index is 1.52. The van der Waals surface area contributed by atoms with Crippen LogP contribution >= 0.6 is 0 Å². The highest BCUT2D eigenvalue weighted by molar-refractivity contribution is 5.21. The van der Waals surface area contributed by atoms with Crippen LogP contribution in [0.5, 0.6) is 0 Å². The normalized spacial score (nSPS) is 19.3. The molecule has 0 bridgehead atoms. The number of aryl methyl sites for hydroxylation is 2. The van der Waals surface area contributed by atoms with Crippen molar-refractivity contribution in [2.24, 2.45) is 0 Å². The zero-order valence-corrected chi connectivity index (χ0v) is 12.0. The standard InChI is InChI=1S/C14H19N5O/c1-9-12(10(2)20-17-9)7-18-5-6-19-13(8-18)15-16-14(19)11-3-4-11/h11H,3-8H2,1-2H3. The van der Waals surface area contributed by atoms with Crippen LogP contribution in [0.3, 0.4) is 0 Å². The average Bonchev–Trinajstić information content (AvgIpc) is 3.14. The Morgan fingerprint density at radius 1 is 1.20 bits per heavy atom. The van der Waals surface area contributed by atoms with Gasteiger partial charge in [0.1, 0.15) is 17.4 Å². The minimum atomic E-state index is 0.672. The van der Waals surface area contributed by atoms with Crippen LogP contribution in [0.2, 0.25) is 0 Å². The molecule has 1 fully saturated rings. The first-order valence-electron chi connectivity index (χ1n) is 7.28. The van der Waals surface area contributed by atoms with Gasteiger partial charge >= 0.3 is 0 Å². The Morgan fingerprint density at radius 2 is 2.05 bits per heavy atom. The molecular formula is C14H19N5O. The van der Waals surface area contributed by atoms with E-state index in [2.05, 4.69) is 24.8 Å². The molecule has 2 aromatic rings. The summed E-state index contributed by atoms with van der Waals surface area (Å²) in [5.74, 6) is 3.90. The van der Waals surface area contributed by atoms with Crippen molar-refractivity contribution in [2.75, 3.05) is 6.54 Å². The molecule has 0 amide bonds. The van der Waals surface area contributed by atoms with Crippen molar-refractivity contribution in [1.82, 2.24) is 24.8 Å². The molecule has 4 rings (SSSR count). The maximum absolute atomic E-state index is 5.24. The first-order chi connectivity index (χ1) is 9.72. The van der Waals surface area contributed by atoms with Gasteiger partial charge in [-0.05, 0) is 26.7 Å². The van der Waals surface area contributed by atoms with Crippen molar-refractivity contribution in [3.8, 4) is 0 Å². The summed E-state index contributed by atoms with van der Waals surface area (Å²) in [5, 5.41) is 12.8. The predicted molar refractivity (Wildman–Crippen MR) is 72.1 cm³/mol. The molecule has 2 aromatic heterocycles. The molecule has 3 heterocycles. The molecule has 20 heavy (non-hydrogen) atoms. The topological polar surface area (TPSA) is 60.0 Å². The lowest BCUT2D eigenvalue weighted by atomic mass is 10.2. The quantitative estimate of drug-likeness (QED) is 0.853. The largest absolute Gasteiger partial charge is 0.361 e. The molecule has 1 aliphatic carbocycles. The van der Waals surface area contributed by atoms with Gasteiger partial charge in [-0.2, -0.15) is 0 Å². The molecule has 0 unspecified atom stereocenters. The average molecular weight is 273 g/mol. The van der Waals surface area contributed by atoms with Gasteiger partial charge in [0.15, 0.2) is 0 Å². The first kappa shape index (κ1) is 12.1. The Bertz CT molecular complexity index is 621. The fraction of sp³-hybridized carbons (Fsp3) is 0.643. The van der Waals surface area contributed by atoms with Crippen molar-refractivity contribution in [1.29, 1.82) is 0 Å². The third-order valence-corrected chi connectivity index (χ3v) is 4.37. The third kappa shape index (κ3) is 1.95. The van der Waals surface area contributed by atoms with E-state index < -0.39 is 0 Å². The SMILES string of the molecule is Cc1noc(C)c1CN1CCn2c(nnc2C2CC2)C1. The van der Waals surface area contributed by atoms with Crippen molar-refractivity contribution < 1.29 is 4.52 Å². The Morgan fingerprint density at radius 3 is 2.75 bits per heavy atom. The summed E-state index contributed by atoms with van der Waals surface area (Å²) in [6, 6.07) is 0. The summed E-state index contributed by atoms with van der Waals surface area (Å²) >= 11 is 0. The van der Waals surface area contributed by atoms with Crippen LogP contribution in [0, 0.1) is 13.8 Å². The van der Waals surface area contributed by atoms with Gasteiger partial charge in [-0.25, -0.2) is 0 Å². The van der Waals surface area contributed by atoms with Gasteiger partial charge in [0.2, 0.25) is 0 Å². The highest BCUT2D eigenvalue weighted by atomic mass is 16.5. The summed E-state index contributed by atoms with van der Waals surface area (Å²) < 4.78 is 7.56. The van der Waals surface area contributed by atoms with Gasteiger partial charge < -0.3 is 9.09 Å². The first-order valence-corrected chi connectivity index (χ1v) is 7.28. The van der Waals surface area contributed by atoms with E-state index in [1.807, 2.05) is 13.8 Å². The molecule has 0 radical (unpaired) electrons. The number of hydrogen-bond donors (Lipinski definition) is 0. The van der Waals surface area contributed by atoms with E-state index in [-0.39, 0.29) is 0 Å². The van der Waals surface area contributed by atoms with Crippen LogP contribution in [-0.4, -0.2) is 31.4 Å². The van der Waals surface area contributed by atoms with Crippen molar-refractivity contribution in [3.63, 3.8) is 0 Å². The molecule has 0 saturated heterocycles. The summed E-state index contributed by atoms with van der Waals surface area (Å²) in [7, 11) is 0. The lowest BCUT2D eigenvalue weighted by Crippen LogP contribution is -2.34. The van der Waals surface area contributed by atoms with E-state index in [0.29, 0.717) is 5.92 Å². The number of fused-ring (bicyclic) bond motifs is 1. The number of hydrogen-bond acceptors (Lipinski definition) is 5. The van der Waals surface area contributed by atoms with E-state index in [4.69, 9.17) is 4.52 Å². The van der Waals surface area contributed by atoms with E-state index >= 15 is 0 Å². The smallest absolute Gasteiger partial charge is 0.147 e. The fourth-order valence-electron chi connectivity index (χ4n) is 2.96. The molecule has 106 valence electrons. The monoisotopic (exact) mass is 273 g/mol. The Hall–Kier alpha value is -1.69. The zero-order chi connectivity index (χ0) is 13.7. The minimum Gasteiger partial charge on any atom is -0.361 e. The Labute approximate surface area is 117 Å². The van der Waals surface area contributed by atoms with Crippen LogP contribution in [-0.2, 0) is 19.6 Å². The highest BCUT2D eigenvalue weighted by Crippen LogP contribution is 2.39. The second-order valence-electron chi connectivity index (χ2n) is 5.91. The lowest BCUT2D eigenvalue weighted by Gasteiger charge is -2.27. The highest BCUT2D eigenvalue weighted by Gasteiger charge is 2.32. The van der Waals surface area contributed by atoms with E-state index in [9.17, 15) is 0 Å². The fourth-order valence-corrected chi connectivity index (χ4v) is 2.96.